The first-order valence-corrected chi connectivity index (χ1v) is 21.9. The van der Waals surface area contributed by atoms with Crippen molar-refractivity contribution < 1.29 is 33.7 Å². The Morgan fingerprint density at radius 1 is 0.967 bits per heavy atom. The Labute approximate surface area is 352 Å². The smallest absolute Gasteiger partial charge is 0.274 e. The Morgan fingerprint density at radius 2 is 1.82 bits per heavy atom. The van der Waals surface area contributed by atoms with Gasteiger partial charge in [-0.05, 0) is 86.0 Å². The molecule has 0 atom stereocenters. The van der Waals surface area contributed by atoms with Crippen molar-refractivity contribution in [2.75, 3.05) is 77.6 Å². The summed E-state index contributed by atoms with van der Waals surface area (Å²) in [6, 6.07) is 20.1. The number of aromatic hydroxyl groups is 1. The van der Waals surface area contributed by atoms with Crippen LogP contribution in [0.15, 0.2) is 66.9 Å². The molecule has 3 fully saturated rings. The van der Waals surface area contributed by atoms with Crippen LogP contribution in [0, 0.1) is 0 Å². The highest BCUT2D eigenvalue weighted by molar-refractivity contribution is 5.97. The monoisotopic (exact) mass is 821 g/mol. The topological polar surface area (TPSA) is 150 Å². The van der Waals surface area contributed by atoms with Crippen molar-refractivity contribution in [1.82, 2.24) is 29.6 Å². The maximum Gasteiger partial charge on any atom is 0.274 e. The normalized spacial score (nSPS) is 18.3. The van der Waals surface area contributed by atoms with Crippen molar-refractivity contribution in [3.63, 3.8) is 0 Å². The van der Waals surface area contributed by atoms with E-state index >= 15 is 0 Å². The van der Waals surface area contributed by atoms with Crippen LogP contribution in [0.3, 0.4) is 0 Å². The van der Waals surface area contributed by atoms with E-state index in [1.165, 1.54) is 17.5 Å². The summed E-state index contributed by atoms with van der Waals surface area (Å²) in [5.74, 6) is 0.353. The van der Waals surface area contributed by atoms with Crippen LogP contribution in [0.2, 0.25) is 0 Å². The molecule has 0 bridgehead atoms. The first-order valence-electron chi connectivity index (χ1n) is 21.9. The third-order valence-electron chi connectivity index (χ3n) is 12.6. The minimum absolute atomic E-state index is 0.00552. The summed E-state index contributed by atoms with van der Waals surface area (Å²) in [5.41, 5.74) is 4.81. The predicted molar refractivity (Wildman–Crippen MR) is 227 cm³/mol. The number of amides is 3. The van der Waals surface area contributed by atoms with Gasteiger partial charge in [0.1, 0.15) is 11.4 Å². The lowest BCUT2D eigenvalue weighted by atomic mass is 9.89. The lowest BCUT2D eigenvalue weighted by molar-refractivity contribution is -0.135. The Hall–Kier alpha value is -5.02. The number of piperidine rings is 1. The first-order chi connectivity index (χ1) is 29.3. The van der Waals surface area contributed by atoms with E-state index in [1.807, 2.05) is 41.4 Å². The number of hydrogen-bond acceptors (Lipinski definition) is 10. The molecule has 2 saturated heterocycles. The zero-order valence-corrected chi connectivity index (χ0v) is 34.6. The van der Waals surface area contributed by atoms with E-state index in [9.17, 15) is 19.5 Å². The molecule has 3 N–H and O–H groups in total. The van der Waals surface area contributed by atoms with Gasteiger partial charge >= 0.3 is 0 Å². The number of likely N-dealkylation sites (tertiary alicyclic amines) is 1. The lowest BCUT2D eigenvalue weighted by Gasteiger charge is -2.47. The molecular weight excluding hydrogens is 763 g/mol. The van der Waals surface area contributed by atoms with Gasteiger partial charge in [-0.25, -0.2) is 4.52 Å². The number of ether oxygens (including phenoxy) is 3. The summed E-state index contributed by atoms with van der Waals surface area (Å²) in [6.07, 6.45) is 11.1. The van der Waals surface area contributed by atoms with E-state index in [0.29, 0.717) is 82.5 Å². The van der Waals surface area contributed by atoms with Crippen LogP contribution in [0.4, 0.5) is 5.69 Å². The Morgan fingerprint density at radius 3 is 2.67 bits per heavy atom. The Bertz CT molecular complexity index is 2080. The fraction of sp³-hybridized carbons (Fsp3) is 0.522. The number of morpholine rings is 1. The molecule has 5 heterocycles. The number of pyridine rings is 1. The fourth-order valence-corrected chi connectivity index (χ4v) is 9.24. The molecule has 4 aromatic rings. The van der Waals surface area contributed by atoms with Crippen molar-refractivity contribution in [3.05, 3.63) is 89.2 Å². The first kappa shape index (κ1) is 41.7. The zero-order valence-electron chi connectivity index (χ0n) is 34.6. The second-order valence-corrected chi connectivity index (χ2v) is 16.7. The van der Waals surface area contributed by atoms with Gasteiger partial charge in [-0.3, -0.25) is 19.3 Å². The second kappa shape index (κ2) is 19.6. The Balaban J connectivity index is 0.745. The molecule has 8 rings (SSSR count). The number of carbonyl (C=O) groups is 3. The number of nitrogens with zero attached hydrogens (tertiary/aromatic N) is 5. The lowest BCUT2D eigenvalue weighted by Crippen LogP contribution is -2.58. The molecule has 60 heavy (non-hydrogen) atoms. The molecule has 0 radical (unpaired) electrons. The van der Waals surface area contributed by atoms with Crippen LogP contribution in [0.25, 0.3) is 5.52 Å². The van der Waals surface area contributed by atoms with Crippen LogP contribution >= 0.6 is 0 Å². The number of carbonyl (C=O) groups excluding carboxylic acids is 3. The fourth-order valence-electron chi connectivity index (χ4n) is 9.24. The molecule has 4 aliphatic rings. The molecule has 3 amide bonds. The van der Waals surface area contributed by atoms with E-state index < -0.39 is 0 Å². The summed E-state index contributed by atoms with van der Waals surface area (Å²) in [6.45, 7) is 7.28. The third-order valence-corrected chi connectivity index (χ3v) is 12.6. The van der Waals surface area contributed by atoms with Crippen LogP contribution in [0.5, 0.6) is 11.5 Å². The average Bonchev–Trinajstić information content (AvgIpc) is 3.71. The molecule has 14 heteroatoms. The summed E-state index contributed by atoms with van der Waals surface area (Å²) >= 11 is 0. The number of hydrogen-bond donors (Lipinski definition) is 3. The van der Waals surface area contributed by atoms with Crippen molar-refractivity contribution in [3.8, 4) is 11.5 Å². The number of rotatable bonds is 16. The zero-order chi connectivity index (χ0) is 41.3. The summed E-state index contributed by atoms with van der Waals surface area (Å²) in [4.78, 5) is 45.2. The van der Waals surface area contributed by atoms with E-state index in [2.05, 4.69) is 49.8 Å². The molecule has 320 valence electrons. The maximum absolute atomic E-state index is 13.6. The molecule has 14 nitrogen and oxygen atoms in total. The van der Waals surface area contributed by atoms with E-state index in [0.717, 1.165) is 75.7 Å². The number of phenolic OH excluding ortho intramolecular Hbond substituents is 1. The SMILES string of the molecule is O=C1COc2c(CCNCCN(C(=O)CCOCCc3cccc(CN4CCC5(CC4)CN(C(=O)c4cc6ccccn6n4)CCO5)c3)C3CCCCC3)ccc(O)c2N1. The molecule has 1 saturated carbocycles. The average molecular weight is 822 g/mol. The van der Waals surface area contributed by atoms with Crippen molar-refractivity contribution in [2.45, 2.75) is 82.4 Å². The van der Waals surface area contributed by atoms with Gasteiger partial charge in [-0.2, -0.15) is 5.10 Å². The van der Waals surface area contributed by atoms with Gasteiger partial charge < -0.3 is 39.8 Å². The van der Waals surface area contributed by atoms with E-state index in [1.54, 1.807) is 10.6 Å². The van der Waals surface area contributed by atoms with Gasteiger partial charge in [0.2, 0.25) is 5.91 Å². The van der Waals surface area contributed by atoms with Gasteiger partial charge in [-0.15, -0.1) is 0 Å². The van der Waals surface area contributed by atoms with Crippen LogP contribution in [-0.2, 0) is 38.4 Å². The van der Waals surface area contributed by atoms with E-state index in [-0.39, 0.29) is 41.7 Å². The van der Waals surface area contributed by atoms with Gasteiger partial charge in [0.05, 0.1) is 43.9 Å². The summed E-state index contributed by atoms with van der Waals surface area (Å²) in [5, 5.41) is 20.9. The quantitative estimate of drug-likeness (QED) is 0.106. The van der Waals surface area contributed by atoms with Crippen molar-refractivity contribution >= 4 is 28.9 Å². The number of nitrogens with one attached hydrogen (secondary N) is 2. The molecule has 1 aliphatic carbocycles. The number of phenols is 1. The molecule has 2 aromatic heterocycles. The van der Waals surface area contributed by atoms with Gasteiger partial charge in [0.25, 0.3) is 11.8 Å². The molecule has 3 aliphatic heterocycles. The second-order valence-electron chi connectivity index (χ2n) is 16.7. The molecule has 2 aromatic carbocycles. The molecule has 1 spiro atoms. The van der Waals surface area contributed by atoms with Crippen molar-refractivity contribution in [1.29, 1.82) is 0 Å². The van der Waals surface area contributed by atoms with E-state index in [4.69, 9.17) is 14.2 Å². The van der Waals surface area contributed by atoms with Crippen LogP contribution < -0.4 is 15.4 Å². The molecule has 0 unspecified atom stereocenters. The Kier molecular flexibility index (Phi) is 13.6. The summed E-state index contributed by atoms with van der Waals surface area (Å²) < 4.78 is 19.8. The number of fused-ring (bicyclic) bond motifs is 2. The van der Waals surface area contributed by atoms with Gasteiger partial charge in [0.15, 0.2) is 18.1 Å². The number of aromatic nitrogens is 2. The highest BCUT2D eigenvalue weighted by Crippen LogP contribution is 2.39. The van der Waals surface area contributed by atoms with Crippen molar-refractivity contribution in [2.24, 2.45) is 0 Å². The number of anilines is 1. The summed E-state index contributed by atoms with van der Waals surface area (Å²) in [7, 11) is 0. The minimum atomic E-state index is -0.316. The highest BCUT2D eigenvalue weighted by Gasteiger charge is 2.41. The standard InChI is InChI=1S/C46H59N7O7/c54-40-13-12-36(44-43(40)48-41(55)32-59-44)14-19-47-20-24-52(37-9-2-1-3-10-37)42(56)16-27-58-26-15-34-7-6-8-35(29-34)31-50-22-17-46(18-23-50)33-51(25-28-60-46)45(57)39-30-38-11-4-5-21-53(38)49-39/h4-8,11-13,21,29-30,37,47,54H,1-3,9-10,14-20,22-28,31-33H2,(H,48,55). The van der Waals surface area contributed by atoms with Gasteiger partial charge in [-0.1, -0.05) is 55.7 Å². The third kappa shape index (κ3) is 10.3. The minimum Gasteiger partial charge on any atom is -0.506 e. The van der Waals surface area contributed by atoms with Crippen LogP contribution in [-0.4, -0.2) is 131 Å². The largest absolute Gasteiger partial charge is 0.506 e. The maximum atomic E-state index is 13.6. The van der Waals surface area contributed by atoms with Crippen LogP contribution in [0.1, 0.15) is 78.5 Å². The van der Waals surface area contributed by atoms with Gasteiger partial charge in [0, 0.05) is 51.5 Å². The highest BCUT2D eigenvalue weighted by atomic mass is 16.5. The predicted octanol–water partition coefficient (Wildman–Crippen LogP) is 4.82. The number of benzene rings is 2. The molecular formula is C46H59N7O7.